The van der Waals surface area contributed by atoms with Crippen molar-refractivity contribution in [2.45, 2.75) is 0 Å². The predicted octanol–water partition coefficient (Wildman–Crippen LogP) is 7.16. The molecule has 6 rings (SSSR count). The SMILES string of the molecule is [Pt+2].[c-]1c(N(c2ccccc2)c2cccc(-c3ccc4ccccc4n3)n2)cccc1-n1[c-]ccc1. The first-order valence-corrected chi connectivity index (χ1v) is 11.1. The molecule has 6 aromatic rings. The molecule has 35 heavy (non-hydrogen) atoms. The van der Waals surface area contributed by atoms with E-state index in [9.17, 15) is 0 Å². The van der Waals surface area contributed by atoms with Gasteiger partial charge in [-0.05, 0) is 36.4 Å². The molecule has 0 atom stereocenters. The van der Waals surface area contributed by atoms with Crippen LogP contribution in [0.1, 0.15) is 0 Å². The Labute approximate surface area is 218 Å². The maximum atomic E-state index is 5.02. The van der Waals surface area contributed by atoms with E-state index in [2.05, 4.69) is 41.4 Å². The molecule has 0 bridgehead atoms. The summed E-state index contributed by atoms with van der Waals surface area (Å²) in [7, 11) is 0. The van der Waals surface area contributed by atoms with E-state index in [1.54, 1.807) is 0 Å². The minimum atomic E-state index is 0. The normalized spacial score (nSPS) is 10.6. The number of hydrogen-bond donors (Lipinski definition) is 0. The van der Waals surface area contributed by atoms with E-state index in [4.69, 9.17) is 9.97 Å². The van der Waals surface area contributed by atoms with Crippen LogP contribution in [0.25, 0.3) is 28.0 Å². The number of anilines is 3. The van der Waals surface area contributed by atoms with Gasteiger partial charge in [0.15, 0.2) is 0 Å². The molecule has 3 aromatic heterocycles. The maximum Gasteiger partial charge on any atom is 2.00 e. The molecule has 0 unspecified atom stereocenters. The molecule has 0 saturated carbocycles. The number of aromatic nitrogens is 3. The summed E-state index contributed by atoms with van der Waals surface area (Å²) in [5.41, 5.74) is 5.42. The van der Waals surface area contributed by atoms with Crippen molar-refractivity contribution in [3.63, 3.8) is 0 Å². The van der Waals surface area contributed by atoms with Crippen LogP contribution in [0.5, 0.6) is 0 Å². The van der Waals surface area contributed by atoms with Crippen molar-refractivity contribution in [3.8, 4) is 17.1 Å². The van der Waals surface area contributed by atoms with E-state index in [1.165, 1.54) is 0 Å². The number of benzene rings is 3. The number of fused-ring (bicyclic) bond motifs is 1. The minimum Gasteiger partial charge on any atom is -0.471 e. The fourth-order valence-electron chi connectivity index (χ4n) is 4.03. The zero-order chi connectivity index (χ0) is 22.7. The molecular formula is C30H20N4Pt. The number of para-hydroxylation sites is 2. The molecule has 0 saturated heterocycles. The monoisotopic (exact) mass is 631 g/mol. The fraction of sp³-hybridized carbons (Fsp3) is 0. The fourth-order valence-corrected chi connectivity index (χ4v) is 4.03. The van der Waals surface area contributed by atoms with Gasteiger partial charge in [0.2, 0.25) is 0 Å². The summed E-state index contributed by atoms with van der Waals surface area (Å²) in [6.45, 7) is 0. The molecule has 0 aliphatic heterocycles. The molecule has 5 heteroatoms. The molecule has 3 heterocycles. The maximum absolute atomic E-state index is 5.02. The largest absolute Gasteiger partial charge is 2.00 e. The Kier molecular flexibility index (Phi) is 6.56. The summed E-state index contributed by atoms with van der Waals surface area (Å²) in [6.07, 6.45) is 5.15. The number of hydrogen-bond acceptors (Lipinski definition) is 3. The third-order valence-corrected chi connectivity index (χ3v) is 5.65. The average molecular weight is 632 g/mol. The smallest absolute Gasteiger partial charge is 0.471 e. The third-order valence-electron chi connectivity index (χ3n) is 5.65. The zero-order valence-corrected chi connectivity index (χ0v) is 20.9. The van der Waals surface area contributed by atoms with E-state index < -0.39 is 0 Å². The van der Waals surface area contributed by atoms with Gasteiger partial charge < -0.3 is 9.47 Å². The second-order valence-corrected chi connectivity index (χ2v) is 7.87. The summed E-state index contributed by atoms with van der Waals surface area (Å²) in [6, 6.07) is 42.0. The second-order valence-electron chi connectivity index (χ2n) is 7.87. The zero-order valence-electron chi connectivity index (χ0n) is 18.7. The van der Waals surface area contributed by atoms with E-state index in [0.29, 0.717) is 0 Å². The standard InChI is InChI=1S/C30H20N4.Pt/c1-2-11-24(12-3-1)34(26-14-8-13-25(22-26)33-20-6-7-21-33)30-17-9-16-28(32-30)29-19-18-23-10-4-5-15-27(23)31-29;/h1-20H;/q-2;+2. The van der Waals surface area contributed by atoms with Crippen molar-refractivity contribution in [1.82, 2.24) is 14.5 Å². The Hall–Kier alpha value is -4.01. The topological polar surface area (TPSA) is 34.0 Å². The molecular weight excluding hydrogens is 611 g/mol. The Bertz CT molecular complexity index is 1560. The molecule has 3 aromatic carbocycles. The number of pyridine rings is 2. The molecule has 4 nitrogen and oxygen atoms in total. The van der Waals surface area contributed by atoms with Gasteiger partial charge in [-0.1, -0.05) is 60.4 Å². The number of rotatable bonds is 5. The number of nitrogens with zero attached hydrogens (tertiary/aromatic N) is 4. The van der Waals surface area contributed by atoms with Gasteiger partial charge in [-0.15, -0.1) is 18.3 Å². The third kappa shape index (κ3) is 4.66. The minimum absolute atomic E-state index is 0. The quantitative estimate of drug-likeness (QED) is 0.190. The van der Waals surface area contributed by atoms with Crippen molar-refractivity contribution < 1.29 is 21.1 Å². The summed E-state index contributed by atoms with van der Waals surface area (Å²) >= 11 is 0. The van der Waals surface area contributed by atoms with Crippen LogP contribution in [-0.4, -0.2) is 14.5 Å². The van der Waals surface area contributed by atoms with Crippen LogP contribution in [0.15, 0.2) is 121 Å². The molecule has 0 spiro atoms. The molecule has 0 fully saturated rings. The summed E-state index contributed by atoms with van der Waals surface area (Å²) in [4.78, 5) is 12.0. The molecule has 0 aliphatic rings. The molecule has 0 aliphatic carbocycles. The van der Waals surface area contributed by atoms with Crippen LogP contribution in [-0.2, 0) is 21.1 Å². The Morgan fingerprint density at radius 3 is 2.31 bits per heavy atom. The van der Waals surface area contributed by atoms with Crippen LogP contribution in [0, 0.1) is 12.3 Å². The summed E-state index contributed by atoms with van der Waals surface area (Å²) < 4.78 is 1.93. The Morgan fingerprint density at radius 1 is 0.657 bits per heavy atom. The molecule has 0 radical (unpaired) electrons. The van der Waals surface area contributed by atoms with Crippen LogP contribution in [0.2, 0.25) is 0 Å². The van der Waals surface area contributed by atoms with Crippen LogP contribution < -0.4 is 4.90 Å². The predicted molar refractivity (Wildman–Crippen MR) is 137 cm³/mol. The van der Waals surface area contributed by atoms with E-state index in [1.807, 2.05) is 102 Å². The van der Waals surface area contributed by atoms with Crippen LogP contribution in [0.4, 0.5) is 17.2 Å². The Morgan fingerprint density at radius 2 is 1.46 bits per heavy atom. The first-order valence-electron chi connectivity index (χ1n) is 11.1. The first kappa shape index (κ1) is 22.8. The second kappa shape index (κ2) is 10.1. The van der Waals surface area contributed by atoms with Gasteiger partial charge >= 0.3 is 21.1 Å². The van der Waals surface area contributed by atoms with Crippen LogP contribution in [0.3, 0.4) is 0 Å². The van der Waals surface area contributed by atoms with Gasteiger partial charge in [0.25, 0.3) is 0 Å². The van der Waals surface area contributed by atoms with E-state index >= 15 is 0 Å². The Balaban J connectivity index is 0.00000253. The van der Waals surface area contributed by atoms with Gasteiger partial charge in [-0.2, -0.15) is 30.0 Å². The molecule has 0 N–H and O–H groups in total. The van der Waals surface area contributed by atoms with Gasteiger partial charge in [0.05, 0.1) is 16.9 Å². The van der Waals surface area contributed by atoms with Gasteiger partial charge in [-0.3, -0.25) is 0 Å². The summed E-state index contributed by atoms with van der Waals surface area (Å²) in [5, 5.41) is 1.11. The van der Waals surface area contributed by atoms with E-state index in [0.717, 1.165) is 45.2 Å². The van der Waals surface area contributed by atoms with Crippen LogP contribution >= 0.6 is 0 Å². The van der Waals surface area contributed by atoms with Gasteiger partial charge in [0, 0.05) is 11.1 Å². The van der Waals surface area contributed by atoms with Crippen molar-refractivity contribution >= 4 is 28.1 Å². The van der Waals surface area contributed by atoms with Gasteiger partial charge in [0.1, 0.15) is 5.82 Å². The molecule has 170 valence electrons. The van der Waals surface area contributed by atoms with Crippen molar-refractivity contribution in [2.75, 3.05) is 4.90 Å². The average Bonchev–Trinajstić information content (AvgIpc) is 3.45. The van der Waals surface area contributed by atoms with Gasteiger partial charge in [-0.25, -0.2) is 9.97 Å². The van der Waals surface area contributed by atoms with Crippen molar-refractivity contribution in [3.05, 3.63) is 134 Å². The van der Waals surface area contributed by atoms with E-state index in [-0.39, 0.29) is 21.1 Å². The van der Waals surface area contributed by atoms with Crippen molar-refractivity contribution in [1.29, 1.82) is 0 Å². The molecule has 0 amide bonds. The first-order chi connectivity index (χ1) is 16.8. The summed E-state index contributed by atoms with van der Waals surface area (Å²) in [5.74, 6) is 0.795. The van der Waals surface area contributed by atoms with Crippen molar-refractivity contribution in [2.24, 2.45) is 0 Å².